The number of rotatable bonds is 4. The molecule has 0 spiro atoms. The SMILES string of the molecule is COc1ccc(Br)c(NCc2c[nH]c3ccccc23)c1. The number of H-pyrrole nitrogens is 1. The van der Waals surface area contributed by atoms with E-state index in [1.165, 1.54) is 10.9 Å². The Bertz CT molecular complexity index is 736. The van der Waals surface area contributed by atoms with Gasteiger partial charge in [0.15, 0.2) is 0 Å². The van der Waals surface area contributed by atoms with Gasteiger partial charge < -0.3 is 15.0 Å². The number of ether oxygens (including phenoxy) is 1. The quantitative estimate of drug-likeness (QED) is 0.736. The molecular formula is C16H15BrN2O. The van der Waals surface area contributed by atoms with Gasteiger partial charge in [-0.3, -0.25) is 0 Å². The van der Waals surface area contributed by atoms with E-state index < -0.39 is 0 Å². The number of halogens is 1. The van der Waals surface area contributed by atoms with E-state index >= 15 is 0 Å². The second kappa shape index (κ2) is 5.59. The average Bonchev–Trinajstić information content (AvgIpc) is 2.90. The van der Waals surface area contributed by atoms with Crippen molar-refractivity contribution in [1.82, 2.24) is 4.98 Å². The maximum absolute atomic E-state index is 5.25. The first-order valence-electron chi connectivity index (χ1n) is 6.40. The Hall–Kier alpha value is -1.94. The zero-order valence-electron chi connectivity index (χ0n) is 11.1. The van der Waals surface area contributed by atoms with E-state index in [0.717, 1.165) is 28.0 Å². The van der Waals surface area contributed by atoms with Gasteiger partial charge in [0.2, 0.25) is 0 Å². The molecule has 0 unspecified atom stereocenters. The molecule has 0 aliphatic heterocycles. The van der Waals surface area contributed by atoms with E-state index in [2.05, 4.69) is 44.4 Å². The predicted octanol–water partition coefficient (Wildman–Crippen LogP) is 4.55. The summed E-state index contributed by atoms with van der Waals surface area (Å²) in [5, 5.41) is 4.68. The van der Waals surface area contributed by atoms with Crippen molar-refractivity contribution >= 4 is 32.5 Å². The topological polar surface area (TPSA) is 37.0 Å². The van der Waals surface area contributed by atoms with E-state index in [-0.39, 0.29) is 0 Å². The summed E-state index contributed by atoms with van der Waals surface area (Å²) in [5.41, 5.74) is 3.43. The normalized spacial score (nSPS) is 10.7. The fourth-order valence-electron chi connectivity index (χ4n) is 2.24. The molecule has 0 atom stereocenters. The molecule has 0 fully saturated rings. The molecule has 1 aromatic heterocycles. The van der Waals surface area contributed by atoms with E-state index in [9.17, 15) is 0 Å². The Labute approximate surface area is 126 Å². The van der Waals surface area contributed by atoms with Crippen LogP contribution in [-0.4, -0.2) is 12.1 Å². The molecule has 0 saturated carbocycles. The Kier molecular flexibility index (Phi) is 3.65. The minimum absolute atomic E-state index is 0.760. The monoisotopic (exact) mass is 330 g/mol. The molecule has 2 aromatic carbocycles. The largest absolute Gasteiger partial charge is 0.497 e. The highest BCUT2D eigenvalue weighted by atomic mass is 79.9. The van der Waals surface area contributed by atoms with Crippen LogP contribution < -0.4 is 10.1 Å². The smallest absolute Gasteiger partial charge is 0.121 e. The van der Waals surface area contributed by atoms with Gasteiger partial charge in [-0.15, -0.1) is 0 Å². The summed E-state index contributed by atoms with van der Waals surface area (Å²) in [4.78, 5) is 3.29. The predicted molar refractivity (Wildman–Crippen MR) is 86.3 cm³/mol. The number of para-hydroxylation sites is 1. The summed E-state index contributed by atoms with van der Waals surface area (Å²) >= 11 is 3.55. The van der Waals surface area contributed by atoms with Gasteiger partial charge in [0.1, 0.15) is 5.75 Å². The minimum Gasteiger partial charge on any atom is -0.497 e. The van der Waals surface area contributed by atoms with Crippen molar-refractivity contribution in [3.63, 3.8) is 0 Å². The Morgan fingerprint density at radius 1 is 1.20 bits per heavy atom. The molecule has 0 aliphatic carbocycles. The number of aromatic nitrogens is 1. The average molecular weight is 331 g/mol. The molecule has 4 heteroatoms. The molecule has 102 valence electrons. The molecule has 0 bridgehead atoms. The van der Waals surface area contributed by atoms with Crippen LogP contribution in [-0.2, 0) is 6.54 Å². The Balaban J connectivity index is 1.83. The lowest BCUT2D eigenvalue weighted by Gasteiger charge is -2.10. The summed E-state index contributed by atoms with van der Waals surface area (Å²) in [7, 11) is 1.67. The second-order valence-electron chi connectivity index (χ2n) is 4.56. The Morgan fingerprint density at radius 2 is 2.05 bits per heavy atom. The number of hydrogen-bond donors (Lipinski definition) is 2. The molecule has 1 heterocycles. The first kappa shape index (κ1) is 13.1. The third-order valence-corrected chi connectivity index (χ3v) is 4.01. The molecular weight excluding hydrogens is 316 g/mol. The summed E-state index contributed by atoms with van der Waals surface area (Å²) < 4.78 is 6.28. The summed E-state index contributed by atoms with van der Waals surface area (Å²) in [6.45, 7) is 0.760. The molecule has 20 heavy (non-hydrogen) atoms. The van der Waals surface area contributed by atoms with Crippen molar-refractivity contribution in [2.24, 2.45) is 0 Å². The highest BCUT2D eigenvalue weighted by Crippen LogP contribution is 2.28. The molecule has 0 aliphatic rings. The van der Waals surface area contributed by atoms with Crippen LogP contribution in [0.3, 0.4) is 0 Å². The third kappa shape index (κ3) is 2.51. The van der Waals surface area contributed by atoms with E-state index in [1.54, 1.807) is 7.11 Å². The zero-order valence-corrected chi connectivity index (χ0v) is 12.7. The van der Waals surface area contributed by atoms with Gasteiger partial charge >= 0.3 is 0 Å². The van der Waals surface area contributed by atoms with Crippen LogP contribution in [0.5, 0.6) is 5.75 Å². The summed E-state index contributed by atoms with van der Waals surface area (Å²) in [6.07, 6.45) is 2.05. The van der Waals surface area contributed by atoms with Crippen LogP contribution in [0.25, 0.3) is 10.9 Å². The summed E-state index contributed by atoms with van der Waals surface area (Å²) in [6, 6.07) is 14.2. The second-order valence-corrected chi connectivity index (χ2v) is 5.41. The van der Waals surface area contributed by atoms with Crippen molar-refractivity contribution in [3.05, 3.63) is 58.7 Å². The molecule has 3 rings (SSSR count). The zero-order chi connectivity index (χ0) is 13.9. The van der Waals surface area contributed by atoms with Crippen molar-refractivity contribution < 1.29 is 4.74 Å². The van der Waals surface area contributed by atoms with Gasteiger partial charge in [0.25, 0.3) is 0 Å². The van der Waals surface area contributed by atoms with Crippen LogP contribution in [0, 0.1) is 0 Å². The fraction of sp³-hybridized carbons (Fsp3) is 0.125. The summed E-state index contributed by atoms with van der Waals surface area (Å²) in [5.74, 6) is 0.842. The number of hydrogen-bond acceptors (Lipinski definition) is 2. The molecule has 2 N–H and O–H groups in total. The van der Waals surface area contributed by atoms with Gasteiger partial charge in [0.05, 0.1) is 12.8 Å². The van der Waals surface area contributed by atoms with E-state index in [1.807, 2.05) is 30.5 Å². The van der Waals surface area contributed by atoms with Crippen molar-refractivity contribution in [2.75, 3.05) is 12.4 Å². The number of fused-ring (bicyclic) bond motifs is 1. The number of anilines is 1. The maximum Gasteiger partial charge on any atom is 0.121 e. The van der Waals surface area contributed by atoms with Crippen LogP contribution in [0.2, 0.25) is 0 Å². The van der Waals surface area contributed by atoms with E-state index in [4.69, 9.17) is 4.74 Å². The molecule has 0 saturated heterocycles. The first-order valence-corrected chi connectivity index (χ1v) is 7.19. The number of nitrogens with one attached hydrogen (secondary N) is 2. The Morgan fingerprint density at radius 3 is 2.90 bits per heavy atom. The van der Waals surface area contributed by atoms with E-state index in [0.29, 0.717) is 0 Å². The highest BCUT2D eigenvalue weighted by Gasteiger charge is 2.05. The van der Waals surface area contributed by atoms with Crippen LogP contribution in [0.4, 0.5) is 5.69 Å². The van der Waals surface area contributed by atoms with Gasteiger partial charge in [-0.2, -0.15) is 0 Å². The lowest BCUT2D eigenvalue weighted by Crippen LogP contribution is -1.99. The molecule has 3 nitrogen and oxygen atoms in total. The number of methoxy groups -OCH3 is 1. The fourth-order valence-corrected chi connectivity index (χ4v) is 2.62. The lowest BCUT2D eigenvalue weighted by molar-refractivity contribution is 0.415. The lowest BCUT2D eigenvalue weighted by atomic mass is 10.2. The van der Waals surface area contributed by atoms with Gasteiger partial charge in [-0.25, -0.2) is 0 Å². The number of aromatic amines is 1. The van der Waals surface area contributed by atoms with Crippen LogP contribution in [0.1, 0.15) is 5.56 Å². The minimum atomic E-state index is 0.760. The standard InChI is InChI=1S/C16H15BrN2O/c1-20-12-6-7-14(17)16(8-12)19-10-11-9-18-15-5-3-2-4-13(11)15/h2-9,18-19H,10H2,1H3. The number of benzene rings is 2. The van der Waals surface area contributed by atoms with Crippen molar-refractivity contribution in [3.8, 4) is 5.75 Å². The van der Waals surface area contributed by atoms with Crippen molar-refractivity contribution in [1.29, 1.82) is 0 Å². The van der Waals surface area contributed by atoms with Gasteiger partial charge in [0, 0.05) is 34.2 Å². The highest BCUT2D eigenvalue weighted by molar-refractivity contribution is 9.10. The van der Waals surface area contributed by atoms with Gasteiger partial charge in [-0.05, 0) is 39.7 Å². The molecule has 0 amide bonds. The first-order chi connectivity index (χ1) is 9.78. The van der Waals surface area contributed by atoms with Gasteiger partial charge in [-0.1, -0.05) is 18.2 Å². The molecule has 0 radical (unpaired) electrons. The molecule has 3 aromatic rings. The van der Waals surface area contributed by atoms with Crippen LogP contribution in [0.15, 0.2) is 53.1 Å². The third-order valence-electron chi connectivity index (χ3n) is 3.32. The van der Waals surface area contributed by atoms with Crippen molar-refractivity contribution in [2.45, 2.75) is 6.54 Å². The van der Waals surface area contributed by atoms with Crippen LogP contribution >= 0.6 is 15.9 Å². The maximum atomic E-state index is 5.25.